The molecule has 1 saturated carbocycles. The summed E-state index contributed by atoms with van der Waals surface area (Å²) in [6, 6.07) is 5.33. The molecule has 1 spiro atoms. The number of carbonyl (C=O) groups excluding carboxylic acids is 2. The number of esters is 1. The summed E-state index contributed by atoms with van der Waals surface area (Å²) < 4.78 is 4.75. The summed E-state index contributed by atoms with van der Waals surface area (Å²) in [5, 5.41) is 2.95. The summed E-state index contributed by atoms with van der Waals surface area (Å²) in [4.78, 5) is 24.0. The second-order valence-corrected chi connectivity index (χ2v) is 5.35. The molecule has 0 radical (unpaired) electrons. The molecule has 0 aromatic heterocycles. The molecule has 3 rings (SSSR count). The van der Waals surface area contributed by atoms with E-state index in [0.29, 0.717) is 5.56 Å². The second kappa shape index (κ2) is 4.37. The SMILES string of the molecule is COC(=O)c1ccc2c(c1)C1(CCCCC1)C(=O)N2. The molecule has 0 saturated heterocycles. The topological polar surface area (TPSA) is 55.4 Å². The van der Waals surface area contributed by atoms with Gasteiger partial charge in [0.1, 0.15) is 0 Å². The monoisotopic (exact) mass is 259 g/mol. The van der Waals surface area contributed by atoms with E-state index in [1.54, 1.807) is 6.07 Å². The minimum absolute atomic E-state index is 0.0872. The van der Waals surface area contributed by atoms with Gasteiger partial charge < -0.3 is 10.1 Å². The number of anilines is 1. The highest BCUT2D eigenvalue weighted by molar-refractivity contribution is 6.07. The van der Waals surface area contributed by atoms with Crippen molar-refractivity contribution in [2.24, 2.45) is 0 Å². The minimum Gasteiger partial charge on any atom is -0.465 e. The standard InChI is InChI=1S/C15H17NO3/c1-19-13(17)10-5-6-12-11(9-10)15(14(18)16-12)7-3-2-4-8-15/h5-6,9H,2-4,7-8H2,1H3,(H,16,18). The average Bonchev–Trinajstić information content (AvgIpc) is 2.71. The summed E-state index contributed by atoms with van der Waals surface area (Å²) in [5.74, 6) is -0.266. The molecule has 19 heavy (non-hydrogen) atoms. The zero-order chi connectivity index (χ0) is 13.5. The number of carbonyl (C=O) groups is 2. The summed E-state index contributed by atoms with van der Waals surface area (Å²) in [5.41, 5.74) is 1.92. The highest BCUT2D eigenvalue weighted by Crippen LogP contribution is 2.47. The first-order chi connectivity index (χ1) is 9.17. The maximum atomic E-state index is 12.3. The largest absolute Gasteiger partial charge is 0.465 e. The van der Waals surface area contributed by atoms with E-state index in [2.05, 4.69) is 5.32 Å². The van der Waals surface area contributed by atoms with Gasteiger partial charge in [-0.2, -0.15) is 0 Å². The average molecular weight is 259 g/mol. The Balaban J connectivity index is 2.08. The molecule has 0 unspecified atom stereocenters. The number of benzene rings is 1. The molecule has 1 aromatic rings. The number of hydrogen-bond donors (Lipinski definition) is 1. The van der Waals surface area contributed by atoms with Crippen LogP contribution in [0.4, 0.5) is 5.69 Å². The number of fused-ring (bicyclic) bond motifs is 2. The Kier molecular flexibility index (Phi) is 2.81. The molecule has 1 N–H and O–H groups in total. The van der Waals surface area contributed by atoms with Crippen molar-refractivity contribution in [3.63, 3.8) is 0 Å². The smallest absolute Gasteiger partial charge is 0.337 e. The van der Waals surface area contributed by atoms with Crippen LogP contribution in [0.5, 0.6) is 0 Å². The van der Waals surface area contributed by atoms with Gasteiger partial charge in [0.25, 0.3) is 0 Å². The molecule has 0 atom stereocenters. The Morgan fingerprint density at radius 1 is 1.26 bits per heavy atom. The van der Waals surface area contributed by atoms with Gasteiger partial charge in [0.2, 0.25) is 5.91 Å². The summed E-state index contributed by atoms with van der Waals surface area (Å²) in [6.07, 6.45) is 5.05. The third kappa shape index (κ3) is 1.74. The van der Waals surface area contributed by atoms with Crippen LogP contribution in [0.25, 0.3) is 0 Å². The summed E-state index contributed by atoms with van der Waals surface area (Å²) in [7, 11) is 1.37. The van der Waals surface area contributed by atoms with Crippen LogP contribution in [0.15, 0.2) is 18.2 Å². The van der Waals surface area contributed by atoms with Crippen molar-refractivity contribution in [1.29, 1.82) is 0 Å². The number of methoxy groups -OCH3 is 1. The Labute approximate surface area is 112 Å². The van der Waals surface area contributed by atoms with Gasteiger partial charge in [0.05, 0.1) is 18.1 Å². The van der Waals surface area contributed by atoms with Crippen LogP contribution in [0.3, 0.4) is 0 Å². The van der Waals surface area contributed by atoms with Gasteiger partial charge in [-0.3, -0.25) is 4.79 Å². The van der Waals surface area contributed by atoms with Gasteiger partial charge in [-0.1, -0.05) is 19.3 Å². The first-order valence-corrected chi connectivity index (χ1v) is 6.72. The quantitative estimate of drug-likeness (QED) is 0.789. The van der Waals surface area contributed by atoms with Gasteiger partial charge in [-0.25, -0.2) is 4.79 Å². The Hall–Kier alpha value is -1.84. The number of rotatable bonds is 1. The summed E-state index contributed by atoms with van der Waals surface area (Å²) >= 11 is 0. The Morgan fingerprint density at radius 2 is 2.00 bits per heavy atom. The van der Waals surface area contributed by atoms with Gasteiger partial charge in [-0.05, 0) is 36.6 Å². The lowest BCUT2D eigenvalue weighted by Crippen LogP contribution is -2.36. The van der Waals surface area contributed by atoms with Gasteiger partial charge >= 0.3 is 5.97 Å². The van der Waals surface area contributed by atoms with Crippen LogP contribution in [-0.2, 0) is 14.9 Å². The third-order valence-electron chi connectivity index (χ3n) is 4.35. The van der Waals surface area contributed by atoms with E-state index in [0.717, 1.165) is 36.9 Å². The molecule has 1 aromatic carbocycles. The van der Waals surface area contributed by atoms with E-state index in [1.165, 1.54) is 13.5 Å². The number of ether oxygens (including phenoxy) is 1. The van der Waals surface area contributed by atoms with E-state index in [9.17, 15) is 9.59 Å². The lowest BCUT2D eigenvalue weighted by Gasteiger charge is -2.31. The third-order valence-corrected chi connectivity index (χ3v) is 4.35. The molecule has 2 aliphatic rings. The Morgan fingerprint density at radius 3 is 2.68 bits per heavy atom. The van der Waals surface area contributed by atoms with Crippen LogP contribution in [-0.4, -0.2) is 19.0 Å². The van der Waals surface area contributed by atoms with Crippen LogP contribution in [0.2, 0.25) is 0 Å². The maximum absolute atomic E-state index is 12.3. The van der Waals surface area contributed by atoms with E-state index >= 15 is 0 Å². The molecule has 4 nitrogen and oxygen atoms in total. The zero-order valence-corrected chi connectivity index (χ0v) is 11.0. The first kappa shape index (κ1) is 12.2. The van der Waals surface area contributed by atoms with Crippen molar-refractivity contribution in [1.82, 2.24) is 0 Å². The predicted molar refractivity (Wildman–Crippen MR) is 71.2 cm³/mol. The molecular weight excluding hydrogens is 242 g/mol. The van der Waals surface area contributed by atoms with Crippen LogP contribution in [0, 0.1) is 0 Å². The van der Waals surface area contributed by atoms with Gasteiger partial charge in [0, 0.05) is 5.69 Å². The van der Waals surface area contributed by atoms with Crippen molar-refractivity contribution in [2.45, 2.75) is 37.5 Å². The fraction of sp³-hybridized carbons (Fsp3) is 0.467. The highest BCUT2D eigenvalue weighted by Gasteiger charge is 2.47. The molecule has 1 aliphatic carbocycles. The van der Waals surface area contributed by atoms with Crippen molar-refractivity contribution in [3.05, 3.63) is 29.3 Å². The molecule has 1 heterocycles. The molecule has 4 heteroatoms. The van der Waals surface area contributed by atoms with Crippen LogP contribution < -0.4 is 5.32 Å². The fourth-order valence-electron chi connectivity index (χ4n) is 3.31. The highest BCUT2D eigenvalue weighted by atomic mass is 16.5. The van der Waals surface area contributed by atoms with Crippen molar-refractivity contribution in [2.75, 3.05) is 12.4 Å². The molecular formula is C15H17NO3. The van der Waals surface area contributed by atoms with E-state index in [4.69, 9.17) is 4.74 Å². The fourth-order valence-corrected chi connectivity index (χ4v) is 3.31. The number of hydrogen-bond acceptors (Lipinski definition) is 3. The van der Waals surface area contributed by atoms with Crippen molar-refractivity contribution < 1.29 is 14.3 Å². The first-order valence-electron chi connectivity index (χ1n) is 6.72. The van der Waals surface area contributed by atoms with Gasteiger partial charge in [0.15, 0.2) is 0 Å². The lowest BCUT2D eigenvalue weighted by molar-refractivity contribution is -0.121. The normalized spacial score (nSPS) is 19.9. The van der Waals surface area contributed by atoms with E-state index < -0.39 is 5.41 Å². The predicted octanol–water partition coefficient (Wildman–Crippen LogP) is 2.63. The molecule has 1 amide bonds. The van der Waals surface area contributed by atoms with E-state index in [-0.39, 0.29) is 11.9 Å². The van der Waals surface area contributed by atoms with E-state index in [1.807, 2.05) is 12.1 Å². The lowest BCUT2D eigenvalue weighted by atomic mass is 9.70. The van der Waals surface area contributed by atoms with Crippen molar-refractivity contribution in [3.8, 4) is 0 Å². The van der Waals surface area contributed by atoms with Crippen LogP contribution >= 0.6 is 0 Å². The second-order valence-electron chi connectivity index (χ2n) is 5.35. The molecule has 1 fully saturated rings. The zero-order valence-electron chi connectivity index (χ0n) is 11.0. The number of amides is 1. The molecule has 0 bridgehead atoms. The van der Waals surface area contributed by atoms with Gasteiger partial charge in [-0.15, -0.1) is 0 Å². The maximum Gasteiger partial charge on any atom is 0.337 e. The molecule has 1 aliphatic heterocycles. The van der Waals surface area contributed by atoms with Crippen molar-refractivity contribution >= 4 is 17.6 Å². The van der Waals surface area contributed by atoms with Crippen LogP contribution in [0.1, 0.15) is 48.0 Å². The number of nitrogens with one attached hydrogen (secondary N) is 1. The molecule has 100 valence electrons. The summed E-state index contributed by atoms with van der Waals surface area (Å²) in [6.45, 7) is 0. The minimum atomic E-state index is -0.419. The Bertz CT molecular complexity index is 544.